The molecule has 0 aliphatic carbocycles. The van der Waals surface area contributed by atoms with Crippen LogP contribution < -0.4 is 5.32 Å². The second-order valence-corrected chi connectivity index (χ2v) is 5.49. The van der Waals surface area contributed by atoms with Gasteiger partial charge in [0.05, 0.1) is 11.8 Å². The summed E-state index contributed by atoms with van der Waals surface area (Å²) in [6, 6.07) is 0.864. The molecule has 0 bridgehead atoms. The minimum absolute atomic E-state index is 0.164. The lowest BCUT2D eigenvalue weighted by atomic mass is 10.1. The maximum Gasteiger partial charge on any atom is 0.326 e. The average molecular weight is 316 g/mol. The Kier molecular flexibility index (Phi) is 5.10. The van der Waals surface area contributed by atoms with Gasteiger partial charge in [0.15, 0.2) is 5.65 Å². The summed E-state index contributed by atoms with van der Waals surface area (Å²) in [6.07, 6.45) is 6.77. The van der Waals surface area contributed by atoms with Crippen LogP contribution in [0.2, 0.25) is 0 Å². The van der Waals surface area contributed by atoms with Crippen molar-refractivity contribution >= 4 is 22.9 Å². The van der Waals surface area contributed by atoms with Crippen molar-refractivity contribution in [2.24, 2.45) is 0 Å². The molecule has 2 aromatic heterocycles. The number of pyridine rings is 1. The van der Waals surface area contributed by atoms with Crippen molar-refractivity contribution in [1.29, 1.82) is 0 Å². The van der Waals surface area contributed by atoms with Crippen molar-refractivity contribution in [3.63, 3.8) is 0 Å². The van der Waals surface area contributed by atoms with Crippen LogP contribution in [0.3, 0.4) is 0 Å². The first-order chi connectivity index (χ1) is 10.9. The second-order valence-electron chi connectivity index (χ2n) is 5.49. The van der Waals surface area contributed by atoms with E-state index in [1.807, 2.05) is 13.8 Å². The Morgan fingerprint density at radius 3 is 2.74 bits per heavy atom. The molecule has 122 valence electrons. The molecule has 0 spiro atoms. The van der Waals surface area contributed by atoms with E-state index in [1.54, 1.807) is 36.0 Å². The third-order valence-electron chi connectivity index (χ3n) is 3.40. The molecule has 2 aromatic rings. The van der Waals surface area contributed by atoms with E-state index in [-0.39, 0.29) is 12.5 Å². The van der Waals surface area contributed by atoms with Gasteiger partial charge in [0.2, 0.25) is 0 Å². The van der Waals surface area contributed by atoms with Gasteiger partial charge in [0, 0.05) is 17.6 Å². The van der Waals surface area contributed by atoms with Crippen molar-refractivity contribution in [3.8, 4) is 0 Å². The van der Waals surface area contributed by atoms with Gasteiger partial charge in [-0.1, -0.05) is 12.2 Å². The first kappa shape index (κ1) is 16.7. The molecular formula is C16H20N4O3. The third kappa shape index (κ3) is 3.74. The van der Waals surface area contributed by atoms with E-state index in [0.717, 1.165) is 5.39 Å². The number of carboxylic acids is 1. The molecule has 0 aromatic carbocycles. The number of amides is 1. The molecule has 1 amide bonds. The number of nitrogens with zero attached hydrogens (tertiary/aromatic N) is 3. The predicted octanol–water partition coefficient (Wildman–Crippen LogP) is 2.16. The lowest BCUT2D eigenvalue weighted by molar-refractivity contribution is -0.139. The Balaban J connectivity index is 2.22. The Morgan fingerprint density at radius 1 is 1.39 bits per heavy atom. The van der Waals surface area contributed by atoms with E-state index in [1.165, 1.54) is 6.20 Å². The highest BCUT2D eigenvalue weighted by molar-refractivity contribution is 5.98. The molecule has 2 rings (SSSR count). The number of allylic oxidation sites excluding steroid dienone is 1. The highest BCUT2D eigenvalue weighted by atomic mass is 16.4. The van der Waals surface area contributed by atoms with Crippen LogP contribution >= 0.6 is 0 Å². The molecule has 0 radical (unpaired) electrons. The summed E-state index contributed by atoms with van der Waals surface area (Å²) in [5.41, 5.74) is 1.01. The minimum Gasteiger partial charge on any atom is -0.480 e. The molecule has 7 heteroatoms. The van der Waals surface area contributed by atoms with Gasteiger partial charge in [-0.15, -0.1) is 0 Å². The summed E-state index contributed by atoms with van der Waals surface area (Å²) < 4.78 is 1.77. The molecule has 23 heavy (non-hydrogen) atoms. The van der Waals surface area contributed by atoms with Gasteiger partial charge in [-0.25, -0.2) is 14.5 Å². The normalized spacial score (nSPS) is 12.9. The number of carbonyl (C=O) groups excluding carboxylic acids is 1. The number of carboxylic acid groups (broad SMARTS) is 1. The molecule has 2 N–H and O–H groups in total. The summed E-state index contributed by atoms with van der Waals surface area (Å²) in [4.78, 5) is 27.7. The topological polar surface area (TPSA) is 97.1 Å². The Bertz CT molecular complexity index is 749. The summed E-state index contributed by atoms with van der Waals surface area (Å²) in [5, 5.41) is 16.6. The zero-order valence-corrected chi connectivity index (χ0v) is 13.4. The molecule has 0 aliphatic rings. The van der Waals surface area contributed by atoms with Crippen LogP contribution in [-0.2, 0) is 4.79 Å². The zero-order chi connectivity index (χ0) is 17.0. The van der Waals surface area contributed by atoms with Gasteiger partial charge in [0.1, 0.15) is 6.04 Å². The molecule has 2 heterocycles. The van der Waals surface area contributed by atoms with Crippen LogP contribution in [0, 0.1) is 0 Å². The first-order valence-electron chi connectivity index (χ1n) is 7.42. The lowest BCUT2D eigenvalue weighted by Crippen LogP contribution is -2.40. The Labute approximate surface area is 134 Å². The average Bonchev–Trinajstić information content (AvgIpc) is 2.94. The molecule has 0 saturated heterocycles. The zero-order valence-electron chi connectivity index (χ0n) is 13.4. The highest BCUT2D eigenvalue weighted by Gasteiger charge is 2.20. The number of fused-ring (bicyclic) bond motifs is 1. The van der Waals surface area contributed by atoms with Crippen LogP contribution in [0.1, 0.15) is 43.6 Å². The molecule has 0 fully saturated rings. The van der Waals surface area contributed by atoms with Gasteiger partial charge < -0.3 is 10.4 Å². The number of nitrogens with one attached hydrogen (secondary N) is 1. The van der Waals surface area contributed by atoms with Crippen molar-refractivity contribution in [2.75, 3.05) is 0 Å². The van der Waals surface area contributed by atoms with Gasteiger partial charge in [-0.2, -0.15) is 5.10 Å². The smallest absolute Gasteiger partial charge is 0.326 e. The molecule has 1 unspecified atom stereocenters. The summed E-state index contributed by atoms with van der Waals surface area (Å²) in [6.45, 7) is 5.78. The van der Waals surface area contributed by atoms with Crippen LogP contribution in [0.4, 0.5) is 0 Å². The highest BCUT2D eigenvalue weighted by Crippen LogP contribution is 2.16. The van der Waals surface area contributed by atoms with Gasteiger partial charge in [-0.3, -0.25) is 4.79 Å². The number of hydrogen-bond acceptors (Lipinski definition) is 4. The SMILES string of the molecule is C/C=C/CC(NC(=O)c1cnc2c(cnn2C(C)C)c1)C(=O)O. The fraction of sp³-hybridized carbons (Fsp3) is 0.375. The lowest BCUT2D eigenvalue weighted by Gasteiger charge is -2.12. The van der Waals surface area contributed by atoms with E-state index in [9.17, 15) is 9.59 Å². The monoisotopic (exact) mass is 316 g/mol. The van der Waals surface area contributed by atoms with E-state index in [2.05, 4.69) is 15.4 Å². The van der Waals surface area contributed by atoms with Crippen LogP contribution in [0.25, 0.3) is 11.0 Å². The molecule has 0 aliphatic heterocycles. The van der Waals surface area contributed by atoms with E-state index in [0.29, 0.717) is 11.2 Å². The van der Waals surface area contributed by atoms with E-state index < -0.39 is 17.9 Å². The van der Waals surface area contributed by atoms with Gasteiger partial charge in [-0.05, 0) is 33.3 Å². The standard InChI is InChI=1S/C16H20N4O3/c1-4-5-6-13(16(22)23)19-15(21)12-7-11-9-18-20(10(2)3)14(11)17-8-12/h4-5,7-10,13H,6H2,1-3H3,(H,19,21)(H,22,23)/b5-4+. The van der Waals surface area contributed by atoms with Crippen LogP contribution in [0.5, 0.6) is 0 Å². The quantitative estimate of drug-likeness (QED) is 0.796. The Morgan fingerprint density at radius 2 is 2.13 bits per heavy atom. The number of hydrogen-bond donors (Lipinski definition) is 2. The van der Waals surface area contributed by atoms with Gasteiger partial charge in [0.25, 0.3) is 5.91 Å². The van der Waals surface area contributed by atoms with Gasteiger partial charge >= 0.3 is 5.97 Å². The summed E-state index contributed by atoms with van der Waals surface area (Å²) in [5.74, 6) is -1.54. The van der Waals surface area contributed by atoms with Crippen molar-refractivity contribution < 1.29 is 14.7 Å². The van der Waals surface area contributed by atoms with Crippen LogP contribution in [-0.4, -0.2) is 37.8 Å². The maximum atomic E-state index is 12.2. The van der Waals surface area contributed by atoms with Crippen molar-refractivity contribution in [1.82, 2.24) is 20.1 Å². The predicted molar refractivity (Wildman–Crippen MR) is 86.2 cm³/mol. The maximum absolute atomic E-state index is 12.2. The first-order valence-corrected chi connectivity index (χ1v) is 7.42. The van der Waals surface area contributed by atoms with Crippen molar-refractivity contribution in [3.05, 3.63) is 36.2 Å². The molecule has 0 saturated carbocycles. The second kappa shape index (κ2) is 7.04. The number of aromatic nitrogens is 3. The van der Waals surface area contributed by atoms with Crippen LogP contribution in [0.15, 0.2) is 30.6 Å². The number of aliphatic carboxylic acids is 1. The Hall–Kier alpha value is -2.70. The summed E-state index contributed by atoms with van der Waals surface area (Å²) in [7, 11) is 0. The molecular weight excluding hydrogens is 296 g/mol. The minimum atomic E-state index is -1.07. The summed E-state index contributed by atoms with van der Waals surface area (Å²) >= 11 is 0. The van der Waals surface area contributed by atoms with E-state index in [4.69, 9.17) is 5.11 Å². The van der Waals surface area contributed by atoms with Crippen molar-refractivity contribution in [2.45, 2.75) is 39.3 Å². The molecule has 1 atom stereocenters. The third-order valence-corrected chi connectivity index (χ3v) is 3.40. The molecule has 7 nitrogen and oxygen atoms in total. The fourth-order valence-corrected chi connectivity index (χ4v) is 2.18. The fourth-order valence-electron chi connectivity index (χ4n) is 2.18. The largest absolute Gasteiger partial charge is 0.480 e. The van der Waals surface area contributed by atoms with E-state index >= 15 is 0 Å². The number of carbonyl (C=O) groups is 2. The number of rotatable bonds is 6.